The molecule has 1 saturated carbocycles. The molecule has 1 N–H and O–H groups in total. The monoisotopic (exact) mass is 313 g/mol. The lowest BCUT2D eigenvalue weighted by molar-refractivity contribution is 0.0988. The molecule has 2 rings (SSSR count). The first-order valence-corrected chi connectivity index (χ1v) is 8.77. The summed E-state index contributed by atoms with van der Waals surface area (Å²) in [6, 6.07) is 3.35. The van der Waals surface area contributed by atoms with Gasteiger partial charge in [-0.3, -0.25) is 4.79 Å². The van der Waals surface area contributed by atoms with Gasteiger partial charge in [-0.05, 0) is 31.0 Å². The Balaban J connectivity index is 2.27. The molecule has 0 heterocycles. The highest BCUT2D eigenvalue weighted by molar-refractivity contribution is 7.89. The summed E-state index contributed by atoms with van der Waals surface area (Å²) in [7, 11) is -3.93. The first-order chi connectivity index (χ1) is 9.94. The zero-order chi connectivity index (χ0) is 15.5. The van der Waals surface area contributed by atoms with E-state index in [1.54, 1.807) is 6.92 Å². The van der Waals surface area contributed by atoms with Gasteiger partial charge in [0.2, 0.25) is 10.0 Å². The van der Waals surface area contributed by atoms with Crippen LogP contribution in [0.15, 0.2) is 23.1 Å². The Labute approximate surface area is 124 Å². The van der Waals surface area contributed by atoms with Crippen molar-refractivity contribution < 1.29 is 17.6 Å². The van der Waals surface area contributed by atoms with Crippen molar-refractivity contribution in [2.45, 2.75) is 56.4 Å². The molecule has 1 aromatic carbocycles. The standard InChI is InChI=1S/C15H20FNO3S/c1-2-14(18)11-8-9-13(16)15(10-11)21(19,20)17-12-6-4-3-5-7-12/h8-10,12,17H,2-7H2,1H3. The number of halogens is 1. The minimum absolute atomic E-state index is 0.145. The van der Waals surface area contributed by atoms with E-state index in [-0.39, 0.29) is 23.8 Å². The van der Waals surface area contributed by atoms with Crippen LogP contribution in [-0.4, -0.2) is 20.2 Å². The second kappa shape index (κ2) is 6.66. The van der Waals surface area contributed by atoms with E-state index in [9.17, 15) is 17.6 Å². The Kier molecular flexibility index (Phi) is 5.11. The van der Waals surface area contributed by atoms with E-state index >= 15 is 0 Å². The average Bonchev–Trinajstić information content (AvgIpc) is 2.47. The zero-order valence-corrected chi connectivity index (χ0v) is 12.9. The third-order valence-electron chi connectivity index (χ3n) is 3.79. The Morgan fingerprint density at radius 2 is 1.95 bits per heavy atom. The van der Waals surface area contributed by atoms with Crippen molar-refractivity contribution in [2.75, 3.05) is 0 Å². The van der Waals surface area contributed by atoms with Crippen molar-refractivity contribution in [3.05, 3.63) is 29.6 Å². The van der Waals surface area contributed by atoms with Crippen LogP contribution in [0.2, 0.25) is 0 Å². The Hall–Kier alpha value is -1.27. The average molecular weight is 313 g/mol. The molecular weight excluding hydrogens is 293 g/mol. The van der Waals surface area contributed by atoms with Gasteiger partial charge in [-0.15, -0.1) is 0 Å². The normalized spacial score (nSPS) is 16.9. The number of sulfonamides is 1. The number of carbonyl (C=O) groups excluding carboxylic acids is 1. The van der Waals surface area contributed by atoms with E-state index in [1.807, 2.05) is 0 Å². The molecule has 0 aliphatic heterocycles. The molecule has 0 aromatic heterocycles. The van der Waals surface area contributed by atoms with Crippen molar-refractivity contribution in [2.24, 2.45) is 0 Å². The van der Waals surface area contributed by atoms with Crippen molar-refractivity contribution in [1.82, 2.24) is 4.72 Å². The van der Waals surface area contributed by atoms with Crippen LogP contribution in [0.5, 0.6) is 0 Å². The summed E-state index contributed by atoms with van der Waals surface area (Å²) in [6.45, 7) is 1.68. The van der Waals surface area contributed by atoms with Gasteiger partial charge < -0.3 is 0 Å². The van der Waals surface area contributed by atoms with Crippen LogP contribution in [-0.2, 0) is 10.0 Å². The number of ketones is 1. The SMILES string of the molecule is CCC(=O)c1ccc(F)c(S(=O)(=O)NC2CCCCC2)c1. The van der Waals surface area contributed by atoms with Crippen LogP contribution >= 0.6 is 0 Å². The number of hydrogen-bond acceptors (Lipinski definition) is 3. The lowest BCUT2D eigenvalue weighted by Crippen LogP contribution is -2.36. The maximum absolute atomic E-state index is 13.9. The molecule has 4 nitrogen and oxygen atoms in total. The van der Waals surface area contributed by atoms with Gasteiger partial charge in [0, 0.05) is 18.0 Å². The van der Waals surface area contributed by atoms with Crippen LogP contribution in [0.1, 0.15) is 55.8 Å². The van der Waals surface area contributed by atoms with Gasteiger partial charge >= 0.3 is 0 Å². The van der Waals surface area contributed by atoms with Crippen LogP contribution in [0, 0.1) is 5.82 Å². The maximum Gasteiger partial charge on any atom is 0.243 e. The molecular formula is C15H20FNO3S. The first-order valence-electron chi connectivity index (χ1n) is 7.29. The molecule has 0 unspecified atom stereocenters. The summed E-state index contributed by atoms with van der Waals surface area (Å²) in [6.07, 6.45) is 4.85. The number of nitrogens with one attached hydrogen (secondary N) is 1. The van der Waals surface area contributed by atoms with Crippen LogP contribution in [0.3, 0.4) is 0 Å². The number of benzene rings is 1. The van der Waals surface area contributed by atoms with Gasteiger partial charge in [0.25, 0.3) is 0 Å². The van der Waals surface area contributed by atoms with Gasteiger partial charge in [0.15, 0.2) is 5.78 Å². The second-order valence-electron chi connectivity index (χ2n) is 5.38. The highest BCUT2D eigenvalue weighted by Crippen LogP contribution is 2.22. The lowest BCUT2D eigenvalue weighted by atomic mass is 9.96. The number of carbonyl (C=O) groups is 1. The molecule has 1 aliphatic carbocycles. The van der Waals surface area contributed by atoms with Gasteiger partial charge in [-0.1, -0.05) is 26.2 Å². The Morgan fingerprint density at radius 1 is 1.29 bits per heavy atom. The number of rotatable bonds is 5. The van der Waals surface area contributed by atoms with Crippen LogP contribution in [0.4, 0.5) is 4.39 Å². The molecule has 0 bridgehead atoms. The molecule has 1 fully saturated rings. The zero-order valence-electron chi connectivity index (χ0n) is 12.1. The third kappa shape index (κ3) is 3.89. The minimum Gasteiger partial charge on any atom is -0.294 e. The molecule has 0 amide bonds. The summed E-state index contributed by atoms with van der Waals surface area (Å²) in [5, 5.41) is 0. The minimum atomic E-state index is -3.93. The molecule has 0 atom stereocenters. The van der Waals surface area contributed by atoms with E-state index in [2.05, 4.69) is 4.72 Å². The van der Waals surface area contributed by atoms with Crippen molar-refractivity contribution in [3.8, 4) is 0 Å². The fourth-order valence-electron chi connectivity index (χ4n) is 2.59. The van der Waals surface area contributed by atoms with Crippen molar-refractivity contribution in [3.63, 3.8) is 0 Å². The number of hydrogen-bond donors (Lipinski definition) is 1. The molecule has 6 heteroatoms. The predicted octanol–water partition coefficient (Wildman–Crippen LogP) is 3.03. The molecule has 0 saturated heterocycles. The molecule has 21 heavy (non-hydrogen) atoms. The highest BCUT2D eigenvalue weighted by atomic mass is 32.2. The lowest BCUT2D eigenvalue weighted by Gasteiger charge is -2.22. The largest absolute Gasteiger partial charge is 0.294 e. The predicted molar refractivity (Wildman–Crippen MR) is 78.2 cm³/mol. The molecule has 1 aliphatic rings. The summed E-state index contributed by atoms with van der Waals surface area (Å²) in [5.74, 6) is -1.03. The van der Waals surface area contributed by atoms with E-state index in [1.165, 1.54) is 6.07 Å². The smallest absolute Gasteiger partial charge is 0.243 e. The Morgan fingerprint density at radius 3 is 2.57 bits per heavy atom. The summed E-state index contributed by atoms with van der Waals surface area (Å²) in [4.78, 5) is 11.2. The van der Waals surface area contributed by atoms with E-state index < -0.39 is 20.7 Å². The molecule has 0 radical (unpaired) electrons. The third-order valence-corrected chi connectivity index (χ3v) is 5.33. The van der Waals surface area contributed by atoms with Gasteiger partial charge in [-0.25, -0.2) is 17.5 Å². The summed E-state index contributed by atoms with van der Waals surface area (Å²) in [5.41, 5.74) is 0.225. The van der Waals surface area contributed by atoms with Crippen LogP contribution in [0.25, 0.3) is 0 Å². The molecule has 0 spiro atoms. The van der Waals surface area contributed by atoms with Gasteiger partial charge in [-0.2, -0.15) is 0 Å². The quantitative estimate of drug-likeness (QED) is 0.850. The van der Waals surface area contributed by atoms with Gasteiger partial charge in [0.05, 0.1) is 0 Å². The Bertz CT molecular complexity index is 622. The van der Waals surface area contributed by atoms with E-state index in [4.69, 9.17) is 0 Å². The molecule has 1 aromatic rings. The summed E-state index contributed by atoms with van der Waals surface area (Å²) < 4.78 is 41.1. The van der Waals surface area contributed by atoms with Gasteiger partial charge in [0.1, 0.15) is 10.7 Å². The molecule has 116 valence electrons. The van der Waals surface area contributed by atoms with Crippen molar-refractivity contribution in [1.29, 1.82) is 0 Å². The topological polar surface area (TPSA) is 63.2 Å². The summed E-state index contributed by atoms with van der Waals surface area (Å²) >= 11 is 0. The highest BCUT2D eigenvalue weighted by Gasteiger charge is 2.25. The second-order valence-corrected chi connectivity index (χ2v) is 7.06. The van der Waals surface area contributed by atoms with Crippen LogP contribution < -0.4 is 4.72 Å². The van der Waals surface area contributed by atoms with E-state index in [0.717, 1.165) is 44.2 Å². The van der Waals surface area contributed by atoms with Crippen molar-refractivity contribution >= 4 is 15.8 Å². The first kappa shape index (κ1) is 16.1. The fraction of sp³-hybridized carbons (Fsp3) is 0.533. The fourth-order valence-corrected chi connectivity index (χ4v) is 4.00. The van der Waals surface area contributed by atoms with E-state index in [0.29, 0.717) is 0 Å². The number of Topliss-reactive ketones (excluding diaryl/α,β-unsaturated/α-hetero) is 1. The maximum atomic E-state index is 13.9.